The van der Waals surface area contributed by atoms with E-state index in [1.165, 1.54) is 144 Å². The Balaban J connectivity index is 0.734. The molecule has 2 heteroatoms. The number of aryl methyl sites for hydroxylation is 2. The van der Waals surface area contributed by atoms with Crippen LogP contribution in [-0.4, -0.2) is 0 Å². The molecule has 0 atom stereocenters. The summed E-state index contributed by atoms with van der Waals surface area (Å²) in [5, 5.41) is 2.47. The normalized spacial score (nSPS) is 13.6. The summed E-state index contributed by atoms with van der Waals surface area (Å²) in [6, 6.07) is 160. The van der Waals surface area contributed by atoms with Crippen molar-refractivity contribution in [3.05, 3.63) is 503 Å². The summed E-state index contributed by atoms with van der Waals surface area (Å²) in [5.74, 6) is 0. The molecule has 18 aromatic rings. The molecule has 0 fully saturated rings. The van der Waals surface area contributed by atoms with Crippen molar-refractivity contribution in [3.63, 3.8) is 0 Å². The molecule has 530 valence electrons. The van der Waals surface area contributed by atoms with Crippen LogP contribution in [0, 0.1) is 13.8 Å². The zero-order valence-corrected chi connectivity index (χ0v) is 62.8. The van der Waals surface area contributed by atoms with Gasteiger partial charge in [0.1, 0.15) is 0 Å². The third-order valence-corrected chi connectivity index (χ3v) is 25.1. The Morgan fingerprint density at radius 2 is 0.469 bits per heavy atom. The maximum absolute atomic E-state index is 2.55. The Bertz CT molecular complexity index is 6480. The largest absolute Gasteiger partial charge is 0.310 e. The lowest BCUT2D eigenvalue weighted by Crippen LogP contribution is -2.29. The van der Waals surface area contributed by atoms with Crippen LogP contribution < -0.4 is 9.80 Å². The molecule has 0 saturated carbocycles. The third-order valence-electron chi connectivity index (χ3n) is 25.1. The molecule has 1 spiro atoms. The second-order valence-electron chi connectivity index (χ2n) is 31.0. The van der Waals surface area contributed by atoms with Crippen LogP contribution in [0.1, 0.15) is 77.9 Å². The van der Waals surface area contributed by atoms with Crippen LogP contribution in [0.15, 0.2) is 425 Å². The highest BCUT2D eigenvalue weighted by molar-refractivity contribution is 6.01. The molecule has 0 saturated heterocycles. The Kier molecular flexibility index (Phi) is 15.2. The fourth-order valence-corrected chi connectivity index (χ4v) is 20.4. The Labute approximate surface area is 660 Å². The van der Waals surface area contributed by atoms with Gasteiger partial charge in [-0.2, -0.15) is 0 Å². The molecule has 22 rings (SSSR count). The Morgan fingerprint density at radius 3 is 0.947 bits per heavy atom. The Hall–Kier alpha value is -14.2. The molecule has 18 aromatic carbocycles. The molecule has 0 heterocycles. The molecular formula is C111H76N2. The predicted molar refractivity (Wildman–Crippen MR) is 470 cm³/mol. The minimum atomic E-state index is -0.639. The first kappa shape index (κ1) is 65.9. The van der Waals surface area contributed by atoms with Gasteiger partial charge in [-0.15, -0.1) is 0 Å². The van der Waals surface area contributed by atoms with E-state index in [0.717, 1.165) is 56.4 Å². The van der Waals surface area contributed by atoms with Gasteiger partial charge in [0.2, 0.25) is 0 Å². The number of benzene rings is 18. The van der Waals surface area contributed by atoms with Crippen LogP contribution >= 0.6 is 0 Å². The first-order chi connectivity index (χ1) is 55.8. The van der Waals surface area contributed by atoms with E-state index in [-0.39, 0.29) is 0 Å². The van der Waals surface area contributed by atoms with Crippen molar-refractivity contribution in [2.45, 2.75) is 30.1 Å². The molecule has 0 amide bonds. The van der Waals surface area contributed by atoms with Gasteiger partial charge in [0, 0.05) is 34.1 Å². The van der Waals surface area contributed by atoms with Crippen molar-refractivity contribution in [1.82, 2.24) is 0 Å². The summed E-state index contributed by atoms with van der Waals surface area (Å²) in [4.78, 5) is 5.01. The monoisotopic (exact) mass is 1440 g/mol. The summed E-state index contributed by atoms with van der Waals surface area (Å²) in [6.45, 7) is 4.47. The average Bonchev–Trinajstić information content (AvgIpc) is 1.51. The van der Waals surface area contributed by atoms with Crippen molar-refractivity contribution in [2.75, 3.05) is 9.80 Å². The molecule has 113 heavy (non-hydrogen) atoms. The number of hydrogen-bond acceptors (Lipinski definition) is 2. The number of nitrogens with zero attached hydrogens (tertiary/aromatic N) is 2. The maximum Gasteiger partial charge on any atom is 0.0725 e. The highest BCUT2D eigenvalue weighted by Gasteiger charge is 2.53. The molecule has 2 nitrogen and oxygen atoms in total. The van der Waals surface area contributed by atoms with Crippen LogP contribution in [0.2, 0.25) is 0 Å². The van der Waals surface area contributed by atoms with Crippen LogP contribution in [0.4, 0.5) is 34.1 Å². The van der Waals surface area contributed by atoms with E-state index in [9.17, 15) is 0 Å². The number of fused-ring (bicyclic) bond motifs is 17. The second-order valence-corrected chi connectivity index (χ2v) is 31.0. The van der Waals surface area contributed by atoms with Crippen LogP contribution in [0.3, 0.4) is 0 Å². The summed E-state index contributed by atoms with van der Waals surface area (Å²) in [5.41, 5.74) is 39.4. The lowest BCUT2D eigenvalue weighted by Gasteiger charge is -2.36. The predicted octanol–water partition coefficient (Wildman–Crippen LogP) is 28.5. The second kappa shape index (κ2) is 26.0. The lowest BCUT2D eigenvalue weighted by molar-refractivity contribution is 0.766. The maximum atomic E-state index is 2.55. The molecule has 0 bridgehead atoms. The topological polar surface area (TPSA) is 6.48 Å². The molecular weight excluding hydrogens is 1360 g/mol. The van der Waals surface area contributed by atoms with Crippen molar-refractivity contribution in [3.8, 4) is 77.9 Å². The summed E-state index contributed by atoms with van der Waals surface area (Å²) < 4.78 is 0. The molecule has 4 aliphatic carbocycles. The minimum absolute atomic E-state index is 0.458. The molecule has 0 N–H and O–H groups in total. The quantitative estimate of drug-likeness (QED) is 0.114. The van der Waals surface area contributed by atoms with E-state index in [0.29, 0.717) is 0 Å². The van der Waals surface area contributed by atoms with Crippen molar-refractivity contribution in [2.24, 2.45) is 0 Å². The van der Waals surface area contributed by atoms with Gasteiger partial charge in [0.05, 0.1) is 16.2 Å². The summed E-state index contributed by atoms with van der Waals surface area (Å²) in [7, 11) is 0. The van der Waals surface area contributed by atoms with Crippen LogP contribution in [-0.2, 0) is 16.2 Å². The standard InChI is InChI=1S/C111H76N2/c1-73-47-61-95-97-64-58-87(71-107(97)109(105(95)67-73,79-31-10-4-11-32-79)80-33-12-5-13-34-80)113(88-59-65-98-96-62-48-74(2)68-106(96)110(108(98)72-88,81-35-14-6-15-36-81)82-37-16-7-17-38-82)85-57-63-91(99(69-85)76-27-8-3-9-28-76)78-51-55-84(56-52-78)112(83-53-49-77(50-54-83)90-43-26-30-75-29-18-19-39-89(75)90)86-60-66-104-100(70-86)94-42-22-25-46-103(94)111(104)101-44-23-20-40-92(101)93-41-21-24-45-102(93)111/h3-72H,1-2H3. The fraction of sp³-hybridized carbons (Fsp3) is 0.0450. The average molecular weight is 1440 g/mol. The number of hydrogen-bond donors (Lipinski definition) is 0. The van der Waals surface area contributed by atoms with E-state index in [2.05, 4.69) is 448 Å². The molecule has 0 radical (unpaired) electrons. The highest BCUT2D eigenvalue weighted by Crippen LogP contribution is 2.65. The lowest BCUT2D eigenvalue weighted by atomic mass is 9.67. The molecule has 0 aromatic heterocycles. The van der Waals surface area contributed by atoms with E-state index in [1.54, 1.807) is 0 Å². The summed E-state index contributed by atoms with van der Waals surface area (Å²) in [6.07, 6.45) is 0. The highest BCUT2D eigenvalue weighted by atomic mass is 15.1. The van der Waals surface area contributed by atoms with Crippen molar-refractivity contribution >= 4 is 44.9 Å². The van der Waals surface area contributed by atoms with Gasteiger partial charge in [-0.1, -0.05) is 363 Å². The molecule has 4 aliphatic rings. The zero-order valence-electron chi connectivity index (χ0n) is 62.8. The summed E-state index contributed by atoms with van der Waals surface area (Å²) >= 11 is 0. The van der Waals surface area contributed by atoms with E-state index < -0.39 is 16.2 Å². The third kappa shape index (κ3) is 9.86. The zero-order chi connectivity index (χ0) is 74.9. The minimum Gasteiger partial charge on any atom is -0.310 e. The van der Waals surface area contributed by atoms with Gasteiger partial charge >= 0.3 is 0 Å². The number of anilines is 6. The van der Waals surface area contributed by atoms with E-state index in [4.69, 9.17) is 0 Å². The van der Waals surface area contributed by atoms with Gasteiger partial charge in [-0.05, 0) is 242 Å². The Morgan fingerprint density at radius 1 is 0.168 bits per heavy atom. The van der Waals surface area contributed by atoms with Gasteiger partial charge < -0.3 is 9.80 Å². The van der Waals surface area contributed by atoms with Gasteiger partial charge in [0.25, 0.3) is 0 Å². The molecule has 0 unspecified atom stereocenters. The van der Waals surface area contributed by atoms with E-state index in [1.807, 2.05) is 0 Å². The first-order valence-electron chi connectivity index (χ1n) is 39.5. The van der Waals surface area contributed by atoms with Crippen LogP contribution in [0.5, 0.6) is 0 Å². The van der Waals surface area contributed by atoms with Gasteiger partial charge in [-0.25, -0.2) is 0 Å². The van der Waals surface area contributed by atoms with Crippen molar-refractivity contribution in [1.29, 1.82) is 0 Å². The van der Waals surface area contributed by atoms with Gasteiger partial charge in [0.15, 0.2) is 0 Å². The van der Waals surface area contributed by atoms with E-state index >= 15 is 0 Å². The SMILES string of the molecule is Cc1ccc2c(c1)C(c1ccccc1)(c1ccccc1)c1cc(N(c3ccc(-c4ccc(N(c5ccc(-c6cccc7ccccc67)cc5)c5ccc6c(c5)-c5ccccc5C65c6ccccc6-c6ccccc65)cc4)c(-c4ccccc4)c3)c3ccc4c(c3)C(c3ccccc3)(c3ccccc3)c3cc(C)ccc3-4)ccc1-2. The number of rotatable bonds is 13. The smallest absolute Gasteiger partial charge is 0.0725 e. The fourth-order valence-electron chi connectivity index (χ4n) is 20.4. The molecule has 0 aliphatic heterocycles. The van der Waals surface area contributed by atoms with Crippen molar-refractivity contribution < 1.29 is 0 Å². The first-order valence-corrected chi connectivity index (χ1v) is 39.5. The van der Waals surface area contributed by atoms with Crippen LogP contribution in [0.25, 0.3) is 88.7 Å². The van der Waals surface area contributed by atoms with Gasteiger partial charge in [-0.3, -0.25) is 0 Å².